The Balaban J connectivity index is 1.63. The van der Waals surface area contributed by atoms with E-state index in [0.29, 0.717) is 32.9 Å². The Labute approximate surface area is 212 Å². The summed E-state index contributed by atoms with van der Waals surface area (Å²) in [6.07, 6.45) is 4.71. The summed E-state index contributed by atoms with van der Waals surface area (Å²) in [5, 5.41) is 5.10. The highest BCUT2D eigenvalue weighted by Gasteiger charge is 2.26. The SMILES string of the molecule is COc1ccc(N(C(=O)c2ccccc2Cl)c2nc(OC(=O)NC3CCCCC3)cs2)cc1OC. The summed E-state index contributed by atoms with van der Waals surface area (Å²) in [6, 6.07) is 12.0. The van der Waals surface area contributed by atoms with Gasteiger partial charge in [-0.25, -0.2) is 4.79 Å². The molecule has 8 nitrogen and oxygen atoms in total. The first kappa shape index (κ1) is 24.8. The smallest absolute Gasteiger partial charge is 0.414 e. The van der Waals surface area contributed by atoms with Gasteiger partial charge in [-0.05, 0) is 37.1 Å². The van der Waals surface area contributed by atoms with E-state index >= 15 is 0 Å². The van der Waals surface area contributed by atoms with Crippen LogP contribution >= 0.6 is 22.9 Å². The number of amides is 2. The topological polar surface area (TPSA) is 90.0 Å². The Bertz CT molecular complexity index is 1200. The molecule has 2 aromatic carbocycles. The van der Waals surface area contributed by atoms with Crippen molar-refractivity contribution < 1.29 is 23.8 Å². The maximum absolute atomic E-state index is 13.6. The van der Waals surface area contributed by atoms with E-state index in [1.165, 1.54) is 36.9 Å². The van der Waals surface area contributed by atoms with Crippen LogP contribution in [-0.4, -0.2) is 37.2 Å². The zero-order valence-corrected chi connectivity index (χ0v) is 21.0. The largest absolute Gasteiger partial charge is 0.493 e. The van der Waals surface area contributed by atoms with E-state index in [0.717, 1.165) is 25.7 Å². The van der Waals surface area contributed by atoms with Gasteiger partial charge in [0.25, 0.3) is 5.91 Å². The van der Waals surface area contributed by atoms with Gasteiger partial charge >= 0.3 is 6.09 Å². The molecule has 1 aliphatic carbocycles. The molecule has 0 bridgehead atoms. The van der Waals surface area contributed by atoms with Crippen LogP contribution in [0.15, 0.2) is 47.8 Å². The van der Waals surface area contributed by atoms with Crippen LogP contribution in [0, 0.1) is 0 Å². The number of anilines is 2. The van der Waals surface area contributed by atoms with Gasteiger partial charge in [0.15, 0.2) is 11.5 Å². The molecule has 3 aromatic rings. The quantitative estimate of drug-likeness (QED) is 0.402. The number of hydrogen-bond acceptors (Lipinski definition) is 7. The third-order valence-electron chi connectivity index (χ3n) is 5.72. The minimum Gasteiger partial charge on any atom is -0.493 e. The second-order valence-electron chi connectivity index (χ2n) is 8.00. The predicted molar refractivity (Wildman–Crippen MR) is 136 cm³/mol. The van der Waals surface area contributed by atoms with Crippen molar-refractivity contribution in [3.63, 3.8) is 0 Å². The zero-order valence-electron chi connectivity index (χ0n) is 19.5. The van der Waals surface area contributed by atoms with Crippen LogP contribution in [0.2, 0.25) is 5.02 Å². The number of carbonyl (C=O) groups is 2. The number of methoxy groups -OCH3 is 2. The second kappa shape index (κ2) is 11.4. The number of hydrogen-bond donors (Lipinski definition) is 1. The molecule has 35 heavy (non-hydrogen) atoms. The first-order valence-electron chi connectivity index (χ1n) is 11.2. The molecular weight excluding hydrogens is 490 g/mol. The maximum Gasteiger partial charge on any atom is 0.414 e. The molecule has 2 amide bonds. The third kappa shape index (κ3) is 5.86. The van der Waals surface area contributed by atoms with Gasteiger partial charge in [-0.2, -0.15) is 4.98 Å². The molecule has 1 aromatic heterocycles. The summed E-state index contributed by atoms with van der Waals surface area (Å²) in [6.45, 7) is 0. The van der Waals surface area contributed by atoms with Crippen LogP contribution in [0.25, 0.3) is 0 Å². The number of carbonyl (C=O) groups excluding carboxylic acids is 2. The fourth-order valence-electron chi connectivity index (χ4n) is 3.97. The minimum absolute atomic E-state index is 0.107. The van der Waals surface area contributed by atoms with Crippen molar-refractivity contribution in [2.45, 2.75) is 38.1 Å². The average Bonchev–Trinajstić information content (AvgIpc) is 3.32. The number of benzene rings is 2. The van der Waals surface area contributed by atoms with Gasteiger partial charge in [0, 0.05) is 12.1 Å². The standard InChI is InChI=1S/C25H26ClN3O5S/c1-32-20-13-12-17(14-21(20)33-2)29(23(30)18-10-6-7-11-19(18)26)24-28-22(15-35-24)34-25(31)27-16-8-4-3-5-9-16/h6-7,10-16H,3-5,8-9H2,1-2H3,(H,27,31). The molecule has 1 heterocycles. The minimum atomic E-state index is -0.552. The molecule has 4 rings (SSSR count). The third-order valence-corrected chi connectivity index (χ3v) is 6.85. The fourth-order valence-corrected chi connectivity index (χ4v) is 4.93. The number of nitrogens with zero attached hydrogens (tertiary/aromatic N) is 2. The monoisotopic (exact) mass is 515 g/mol. The maximum atomic E-state index is 13.6. The zero-order chi connectivity index (χ0) is 24.8. The van der Waals surface area contributed by atoms with Crippen molar-refractivity contribution in [2.75, 3.05) is 19.1 Å². The summed E-state index contributed by atoms with van der Waals surface area (Å²) in [7, 11) is 3.05. The van der Waals surface area contributed by atoms with Crippen molar-refractivity contribution in [3.05, 3.63) is 58.4 Å². The van der Waals surface area contributed by atoms with Crippen LogP contribution in [0.1, 0.15) is 42.5 Å². The van der Waals surface area contributed by atoms with Crippen LogP contribution in [0.4, 0.5) is 15.6 Å². The number of rotatable bonds is 7. The first-order valence-corrected chi connectivity index (χ1v) is 12.5. The summed E-state index contributed by atoms with van der Waals surface area (Å²) in [4.78, 5) is 31.8. The van der Waals surface area contributed by atoms with Gasteiger partial charge in [0.2, 0.25) is 11.0 Å². The Morgan fingerprint density at radius 2 is 1.80 bits per heavy atom. The Morgan fingerprint density at radius 1 is 1.06 bits per heavy atom. The molecule has 10 heteroatoms. The molecule has 0 saturated heterocycles. The Kier molecular flexibility index (Phi) is 8.09. The molecule has 1 fully saturated rings. The van der Waals surface area contributed by atoms with Crippen molar-refractivity contribution in [1.82, 2.24) is 10.3 Å². The number of nitrogens with one attached hydrogen (secondary N) is 1. The van der Waals surface area contributed by atoms with E-state index in [1.54, 1.807) is 47.8 Å². The lowest BCUT2D eigenvalue weighted by Gasteiger charge is -2.22. The molecule has 184 valence electrons. The van der Waals surface area contributed by atoms with E-state index in [4.69, 9.17) is 25.8 Å². The van der Waals surface area contributed by atoms with E-state index < -0.39 is 12.0 Å². The molecule has 1 saturated carbocycles. The lowest BCUT2D eigenvalue weighted by Crippen LogP contribution is -2.38. The van der Waals surface area contributed by atoms with Gasteiger partial charge in [-0.3, -0.25) is 9.69 Å². The number of ether oxygens (including phenoxy) is 3. The average molecular weight is 516 g/mol. The summed E-state index contributed by atoms with van der Waals surface area (Å²) >= 11 is 7.49. The van der Waals surface area contributed by atoms with Gasteiger partial charge < -0.3 is 19.5 Å². The summed E-state index contributed by atoms with van der Waals surface area (Å²) in [5.74, 6) is 0.678. The van der Waals surface area contributed by atoms with Gasteiger partial charge in [-0.15, -0.1) is 11.3 Å². The van der Waals surface area contributed by atoms with E-state index in [9.17, 15) is 9.59 Å². The lowest BCUT2D eigenvalue weighted by atomic mass is 9.96. The van der Waals surface area contributed by atoms with Crippen molar-refractivity contribution >= 4 is 45.8 Å². The predicted octanol–water partition coefficient (Wildman–Crippen LogP) is 6.21. The summed E-state index contributed by atoms with van der Waals surface area (Å²) in [5.41, 5.74) is 0.789. The molecule has 0 unspecified atom stereocenters. The van der Waals surface area contributed by atoms with Crippen molar-refractivity contribution in [2.24, 2.45) is 0 Å². The molecule has 1 aliphatic rings. The molecule has 0 atom stereocenters. The van der Waals surface area contributed by atoms with Crippen LogP contribution in [0.5, 0.6) is 17.4 Å². The molecule has 0 radical (unpaired) electrons. The van der Waals surface area contributed by atoms with E-state index in [1.807, 2.05) is 0 Å². The Hall–Kier alpha value is -3.30. The molecule has 0 aliphatic heterocycles. The highest BCUT2D eigenvalue weighted by molar-refractivity contribution is 7.14. The van der Waals surface area contributed by atoms with Crippen LogP contribution < -0.4 is 24.4 Å². The first-order chi connectivity index (χ1) is 17.0. The van der Waals surface area contributed by atoms with Crippen molar-refractivity contribution in [1.29, 1.82) is 0 Å². The highest BCUT2D eigenvalue weighted by Crippen LogP contribution is 2.38. The van der Waals surface area contributed by atoms with Gasteiger partial charge in [-0.1, -0.05) is 43.0 Å². The normalized spacial score (nSPS) is 13.7. The van der Waals surface area contributed by atoms with Gasteiger partial charge in [0.1, 0.15) is 0 Å². The van der Waals surface area contributed by atoms with E-state index in [-0.39, 0.29) is 11.9 Å². The number of aromatic nitrogens is 1. The second-order valence-corrected chi connectivity index (χ2v) is 9.24. The van der Waals surface area contributed by atoms with Crippen LogP contribution in [-0.2, 0) is 0 Å². The highest BCUT2D eigenvalue weighted by atomic mass is 35.5. The molecule has 0 spiro atoms. The van der Waals surface area contributed by atoms with Crippen molar-refractivity contribution in [3.8, 4) is 17.4 Å². The number of halogens is 1. The number of thiazole rings is 1. The molecule has 1 N–H and O–H groups in total. The molecular formula is C25H26ClN3O5S. The van der Waals surface area contributed by atoms with E-state index in [2.05, 4.69) is 10.3 Å². The van der Waals surface area contributed by atoms with Gasteiger partial charge in [0.05, 0.1) is 35.9 Å². The summed E-state index contributed by atoms with van der Waals surface area (Å²) < 4.78 is 16.2. The van der Waals surface area contributed by atoms with Crippen LogP contribution in [0.3, 0.4) is 0 Å². The fraction of sp³-hybridized carbons (Fsp3) is 0.320. The lowest BCUT2D eigenvalue weighted by molar-refractivity contribution is 0.0999. The Morgan fingerprint density at radius 3 is 2.51 bits per heavy atom.